The fourth-order valence-electron chi connectivity index (χ4n) is 1.91. The highest BCUT2D eigenvalue weighted by Crippen LogP contribution is 2.15. The van der Waals surface area contributed by atoms with Gasteiger partial charge < -0.3 is 0 Å². The summed E-state index contributed by atoms with van der Waals surface area (Å²) in [5.74, 6) is -1.58. The fraction of sp³-hybridized carbons (Fsp3) is 0.200. The van der Waals surface area contributed by atoms with E-state index in [4.69, 9.17) is 0 Å². The number of aryl methyl sites for hydroxylation is 2. The van der Waals surface area contributed by atoms with E-state index in [-0.39, 0.29) is 17.8 Å². The molecule has 98 valence electrons. The van der Waals surface area contributed by atoms with Crippen molar-refractivity contribution in [3.63, 3.8) is 0 Å². The molecule has 0 aliphatic rings. The molecular weight excluding hydrogens is 248 g/mol. The lowest BCUT2D eigenvalue weighted by molar-refractivity contribution is 0.0990. The Balaban J connectivity index is 2.25. The maximum absolute atomic E-state index is 13.5. The number of pyridine rings is 1. The third kappa shape index (κ3) is 3.02. The van der Waals surface area contributed by atoms with Crippen molar-refractivity contribution in [1.82, 2.24) is 4.98 Å². The van der Waals surface area contributed by atoms with Gasteiger partial charge in [0.2, 0.25) is 0 Å². The first-order valence-corrected chi connectivity index (χ1v) is 5.89. The van der Waals surface area contributed by atoms with E-state index in [9.17, 15) is 13.6 Å². The quantitative estimate of drug-likeness (QED) is 0.792. The number of ketones is 1. The Morgan fingerprint density at radius 3 is 2.53 bits per heavy atom. The molecule has 4 heteroatoms. The van der Waals surface area contributed by atoms with Crippen LogP contribution in [0.1, 0.15) is 27.3 Å². The molecule has 0 N–H and O–H groups in total. The Hall–Kier alpha value is -2.10. The van der Waals surface area contributed by atoms with E-state index < -0.39 is 11.6 Å². The zero-order valence-electron chi connectivity index (χ0n) is 10.7. The Kier molecular flexibility index (Phi) is 3.69. The van der Waals surface area contributed by atoms with Crippen LogP contribution in [0.4, 0.5) is 8.78 Å². The van der Waals surface area contributed by atoms with Gasteiger partial charge in [-0.2, -0.15) is 0 Å². The van der Waals surface area contributed by atoms with Crippen LogP contribution in [0.5, 0.6) is 0 Å². The van der Waals surface area contributed by atoms with E-state index >= 15 is 0 Å². The molecular formula is C15H13F2NO. The van der Waals surface area contributed by atoms with Crippen LogP contribution in [-0.4, -0.2) is 10.8 Å². The topological polar surface area (TPSA) is 30.0 Å². The van der Waals surface area contributed by atoms with Gasteiger partial charge in [0.15, 0.2) is 5.78 Å². The third-order valence-corrected chi connectivity index (χ3v) is 2.89. The molecule has 0 unspecified atom stereocenters. The van der Waals surface area contributed by atoms with Crippen LogP contribution < -0.4 is 0 Å². The Morgan fingerprint density at radius 1 is 1.16 bits per heavy atom. The van der Waals surface area contributed by atoms with Gasteiger partial charge >= 0.3 is 0 Å². The molecule has 1 aromatic heterocycles. The van der Waals surface area contributed by atoms with Gasteiger partial charge in [0.25, 0.3) is 0 Å². The standard InChI is InChI=1S/C15H13F2NO/c1-9-3-6-13(10(2)18-9)15(19)7-11-4-5-12(16)8-14(11)17/h3-6,8H,7H2,1-2H3. The van der Waals surface area contributed by atoms with Crippen molar-refractivity contribution in [1.29, 1.82) is 0 Å². The van der Waals surface area contributed by atoms with Crippen LogP contribution in [0.25, 0.3) is 0 Å². The average Bonchev–Trinajstić information content (AvgIpc) is 2.32. The number of hydrogen-bond acceptors (Lipinski definition) is 2. The second-order valence-corrected chi connectivity index (χ2v) is 4.42. The molecule has 0 amide bonds. The number of hydrogen-bond donors (Lipinski definition) is 0. The summed E-state index contributed by atoms with van der Waals surface area (Å²) in [6.45, 7) is 3.57. The second-order valence-electron chi connectivity index (χ2n) is 4.42. The van der Waals surface area contributed by atoms with Crippen LogP contribution in [0, 0.1) is 25.5 Å². The molecule has 0 fully saturated rings. The lowest BCUT2D eigenvalue weighted by atomic mass is 10.0. The molecule has 1 aromatic carbocycles. The highest BCUT2D eigenvalue weighted by Gasteiger charge is 2.13. The van der Waals surface area contributed by atoms with Crippen LogP contribution in [-0.2, 0) is 6.42 Å². The number of aromatic nitrogens is 1. The summed E-state index contributed by atoms with van der Waals surface area (Å²) in [6.07, 6.45) is -0.0995. The molecule has 2 rings (SSSR count). The van der Waals surface area contributed by atoms with Crippen molar-refractivity contribution in [3.8, 4) is 0 Å². The molecule has 0 spiro atoms. The summed E-state index contributed by atoms with van der Waals surface area (Å²) in [5.41, 5.74) is 2.09. The predicted octanol–water partition coefficient (Wildman–Crippen LogP) is 3.40. The Bertz CT molecular complexity index is 638. The van der Waals surface area contributed by atoms with Crippen LogP contribution >= 0.6 is 0 Å². The lowest BCUT2D eigenvalue weighted by Crippen LogP contribution is -2.08. The van der Waals surface area contributed by atoms with Gasteiger partial charge in [0.05, 0.1) is 0 Å². The van der Waals surface area contributed by atoms with Gasteiger partial charge in [-0.3, -0.25) is 9.78 Å². The molecule has 0 radical (unpaired) electrons. The molecule has 0 saturated heterocycles. The van der Waals surface area contributed by atoms with Crippen molar-refractivity contribution in [2.45, 2.75) is 20.3 Å². The maximum Gasteiger partial charge on any atom is 0.169 e. The van der Waals surface area contributed by atoms with Crippen molar-refractivity contribution in [3.05, 3.63) is 64.5 Å². The van der Waals surface area contributed by atoms with Gasteiger partial charge in [-0.25, -0.2) is 8.78 Å². The first-order valence-electron chi connectivity index (χ1n) is 5.89. The number of benzene rings is 1. The molecule has 0 saturated carbocycles. The summed E-state index contributed by atoms with van der Waals surface area (Å²) in [5, 5.41) is 0. The molecule has 0 atom stereocenters. The molecule has 0 aliphatic heterocycles. The number of carbonyl (C=O) groups is 1. The molecule has 2 nitrogen and oxygen atoms in total. The summed E-state index contributed by atoms with van der Waals surface area (Å²) in [4.78, 5) is 16.3. The first-order chi connectivity index (χ1) is 8.97. The normalized spacial score (nSPS) is 10.5. The van der Waals surface area contributed by atoms with E-state index in [1.54, 1.807) is 19.1 Å². The van der Waals surface area contributed by atoms with Crippen molar-refractivity contribution < 1.29 is 13.6 Å². The van der Waals surface area contributed by atoms with Crippen molar-refractivity contribution in [2.75, 3.05) is 0 Å². The first kappa shape index (κ1) is 13.3. The molecule has 0 bridgehead atoms. The number of rotatable bonds is 3. The number of Topliss-reactive ketones (excluding diaryl/α,β-unsaturated/α-hetero) is 1. The van der Waals surface area contributed by atoms with Gasteiger partial charge in [0, 0.05) is 29.4 Å². The SMILES string of the molecule is Cc1ccc(C(=O)Cc2ccc(F)cc2F)c(C)n1. The van der Waals surface area contributed by atoms with E-state index in [0.29, 0.717) is 11.3 Å². The van der Waals surface area contributed by atoms with E-state index in [2.05, 4.69) is 4.98 Å². The van der Waals surface area contributed by atoms with Crippen molar-refractivity contribution in [2.24, 2.45) is 0 Å². The zero-order valence-corrected chi connectivity index (χ0v) is 10.7. The molecule has 2 aromatic rings. The predicted molar refractivity (Wildman–Crippen MR) is 68.1 cm³/mol. The highest BCUT2D eigenvalue weighted by molar-refractivity contribution is 5.98. The van der Waals surface area contributed by atoms with Crippen molar-refractivity contribution >= 4 is 5.78 Å². The zero-order chi connectivity index (χ0) is 14.0. The average molecular weight is 261 g/mol. The van der Waals surface area contributed by atoms with E-state index in [0.717, 1.165) is 17.8 Å². The summed E-state index contributed by atoms with van der Waals surface area (Å²) < 4.78 is 26.3. The summed E-state index contributed by atoms with van der Waals surface area (Å²) in [6, 6.07) is 6.64. The fourth-order valence-corrected chi connectivity index (χ4v) is 1.91. The lowest BCUT2D eigenvalue weighted by Gasteiger charge is -2.06. The van der Waals surface area contributed by atoms with E-state index in [1.807, 2.05) is 6.92 Å². The van der Waals surface area contributed by atoms with Crippen LogP contribution in [0.3, 0.4) is 0 Å². The number of carbonyl (C=O) groups excluding carboxylic acids is 1. The van der Waals surface area contributed by atoms with Crippen LogP contribution in [0.15, 0.2) is 30.3 Å². The summed E-state index contributed by atoms with van der Waals surface area (Å²) >= 11 is 0. The largest absolute Gasteiger partial charge is 0.294 e. The van der Waals surface area contributed by atoms with Crippen LogP contribution in [0.2, 0.25) is 0 Å². The van der Waals surface area contributed by atoms with E-state index in [1.165, 1.54) is 6.07 Å². The second kappa shape index (κ2) is 5.26. The molecule has 19 heavy (non-hydrogen) atoms. The van der Waals surface area contributed by atoms with Gasteiger partial charge in [-0.15, -0.1) is 0 Å². The third-order valence-electron chi connectivity index (χ3n) is 2.89. The van der Waals surface area contributed by atoms with Gasteiger partial charge in [0.1, 0.15) is 11.6 Å². The molecule has 0 aliphatic carbocycles. The Labute approximate surface area is 110 Å². The number of nitrogens with zero attached hydrogens (tertiary/aromatic N) is 1. The molecule has 1 heterocycles. The smallest absolute Gasteiger partial charge is 0.169 e. The maximum atomic E-state index is 13.5. The minimum absolute atomic E-state index is 0.0995. The van der Waals surface area contributed by atoms with Gasteiger partial charge in [-0.05, 0) is 37.6 Å². The summed E-state index contributed by atoms with van der Waals surface area (Å²) in [7, 11) is 0. The highest BCUT2D eigenvalue weighted by atomic mass is 19.1. The minimum Gasteiger partial charge on any atom is -0.294 e. The number of halogens is 2. The minimum atomic E-state index is -0.703. The Morgan fingerprint density at radius 2 is 1.89 bits per heavy atom. The van der Waals surface area contributed by atoms with Gasteiger partial charge in [-0.1, -0.05) is 6.07 Å². The monoisotopic (exact) mass is 261 g/mol.